The van der Waals surface area contributed by atoms with Crippen molar-refractivity contribution in [3.8, 4) is 11.5 Å². The van der Waals surface area contributed by atoms with Crippen LogP contribution in [0.3, 0.4) is 0 Å². The van der Waals surface area contributed by atoms with Gasteiger partial charge < -0.3 is 19.2 Å². The normalized spacial score (nSPS) is 15.0. The number of rotatable bonds is 6. The molecule has 0 spiro atoms. The maximum absolute atomic E-state index is 13.4. The molecule has 6 heteroatoms. The molecule has 0 fully saturated rings. The topological polar surface area (TPSA) is 77.8 Å². The molecule has 1 amide bonds. The minimum atomic E-state index is -0.624. The van der Waals surface area contributed by atoms with Crippen molar-refractivity contribution in [2.45, 2.75) is 26.8 Å². The molecule has 2 heterocycles. The smallest absolute Gasteiger partial charge is 0.288 e. The molecule has 3 aromatic rings. The van der Waals surface area contributed by atoms with E-state index in [0.717, 1.165) is 11.1 Å². The summed E-state index contributed by atoms with van der Waals surface area (Å²) in [5.74, 6) is 0.768. The number of hydrogen-bond acceptors (Lipinski definition) is 5. The molecule has 2 aromatic carbocycles. The lowest BCUT2D eigenvalue weighted by Crippen LogP contribution is -2.22. The fraction of sp³-hybridized carbons (Fsp3) is 0.250. The van der Waals surface area contributed by atoms with Gasteiger partial charge in [-0.3, -0.25) is 9.59 Å². The van der Waals surface area contributed by atoms with Crippen LogP contribution in [0.4, 0.5) is 0 Å². The molecule has 1 atom stereocenters. The third-order valence-corrected chi connectivity index (χ3v) is 5.10. The Balaban J connectivity index is 1.87. The first-order valence-electron chi connectivity index (χ1n) is 9.83. The van der Waals surface area contributed by atoms with Gasteiger partial charge in [0.2, 0.25) is 5.76 Å². The highest BCUT2D eigenvalue weighted by Gasteiger charge is 2.36. The molecule has 0 saturated heterocycles. The molecule has 1 N–H and O–H groups in total. The number of carbonyl (C=O) groups excluding carboxylic acids is 1. The molecule has 4 rings (SSSR count). The van der Waals surface area contributed by atoms with Crippen molar-refractivity contribution < 1.29 is 18.7 Å². The molecule has 6 nitrogen and oxygen atoms in total. The van der Waals surface area contributed by atoms with E-state index in [1.54, 1.807) is 24.3 Å². The van der Waals surface area contributed by atoms with Crippen molar-refractivity contribution in [1.82, 2.24) is 5.32 Å². The maximum atomic E-state index is 13.4. The summed E-state index contributed by atoms with van der Waals surface area (Å²) in [6, 6.07) is 8.46. The van der Waals surface area contributed by atoms with Crippen molar-refractivity contribution in [3.05, 3.63) is 81.2 Å². The first kappa shape index (κ1) is 19.8. The second-order valence-electron chi connectivity index (χ2n) is 7.27. The number of aryl methyl sites for hydroxylation is 2. The monoisotopic (exact) mass is 405 g/mol. The third kappa shape index (κ3) is 3.24. The van der Waals surface area contributed by atoms with Crippen molar-refractivity contribution in [2.24, 2.45) is 0 Å². The molecule has 0 aliphatic carbocycles. The lowest BCUT2D eigenvalue weighted by atomic mass is 9.97. The predicted octanol–water partition coefficient (Wildman–Crippen LogP) is 4.21. The molecule has 0 bridgehead atoms. The first-order valence-corrected chi connectivity index (χ1v) is 9.83. The minimum absolute atomic E-state index is 0.0624. The van der Waals surface area contributed by atoms with Gasteiger partial charge in [0.05, 0.1) is 23.6 Å². The van der Waals surface area contributed by atoms with E-state index >= 15 is 0 Å². The molecule has 0 saturated carbocycles. The number of benzene rings is 2. The molecule has 30 heavy (non-hydrogen) atoms. The highest BCUT2D eigenvalue weighted by molar-refractivity contribution is 5.99. The van der Waals surface area contributed by atoms with E-state index in [0.29, 0.717) is 46.8 Å². The van der Waals surface area contributed by atoms with Gasteiger partial charge in [0, 0.05) is 0 Å². The molecular formula is C24H23NO5. The second-order valence-corrected chi connectivity index (χ2v) is 7.27. The van der Waals surface area contributed by atoms with Gasteiger partial charge in [-0.25, -0.2) is 0 Å². The van der Waals surface area contributed by atoms with Gasteiger partial charge in [-0.2, -0.15) is 0 Å². The summed E-state index contributed by atoms with van der Waals surface area (Å²) in [5.41, 5.74) is 3.05. The van der Waals surface area contributed by atoms with Gasteiger partial charge in [-0.05, 0) is 55.7 Å². The standard InChI is InChI=1S/C24H23NO5/c1-5-9-29-16-8-7-15(12-17(16)28-6-2)21-20-22(26)19-14(4)10-13(3)11-18(19)30-23(20)24(27)25-21/h5,7-8,10-12,21H,1,6,9H2,2-4H3,(H,25,27). The summed E-state index contributed by atoms with van der Waals surface area (Å²) in [5, 5.41) is 3.37. The molecule has 1 aromatic heterocycles. The Labute approximate surface area is 174 Å². The van der Waals surface area contributed by atoms with E-state index in [1.165, 1.54) is 0 Å². The lowest BCUT2D eigenvalue weighted by Gasteiger charge is -2.16. The Morgan fingerprint density at radius 2 is 1.93 bits per heavy atom. The van der Waals surface area contributed by atoms with Crippen molar-refractivity contribution in [2.75, 3.05) is 13.2 Å². The van der Waals surface area contributed by atoms with Crippen molar-refractivity contribution in [3.63, 3.8) is 0 Å². The van der Waals surface area contributed by atoms with Gasteiger partial charge in [-0.15, -0.1) is 0 Å². The zero-order valence-corrected chi connectivity index (χ0v) is 17.2. The number of fused-ring (bicyclic) bond motifs is 2. The highest BCUT2D eigenvalue weighted by Crippen LogP contribution is 2.36. The summed E-state index contributed by atoms with van der Waals surface area (Å²) in [7, 11) is 0. The summed E-state index contributed by atoms with van der Waals surface area (Å²) in [4.78, 5) is 26.0. The Morgan fingerprint density at radius 1 is 1.13 bits per heavy atom. The number of amides is 1. The Hall–Kier alpha value is -3.54. The first-order chi connectivity index (χ1) is 14.4. The van der Waals surface area contributed by atoms with Crippen molar-refractivity contribution >= 4 is 16.9 Å². The van der Waals surface area contributed by atoms with Crippen LogP contribution < -0.4 is 20.2 Å². The van der Waals surface area contributed by atoms with Crippen LogP contribution in [0.2, 0.25) is 0 Å². The Bertz CT molecular complexity index is 1220. The average Bonchev–Trinajstić information content (AvgIpc) is 3.03. The zero-order valence-electron chi connectivity index (χ0n) is 17.2. The fourth-order valence-electron chi connectivity index (χ4n) is 3.89. The van der Waals surface area contributed by atoms with Crippen LogP contribution >= 0.6 is 0 Å². The number of carbonyl (C=O) groups is 1. The van der Waals surface area contributed by atoms with Crippen LogP contribution in [0.15, 0.2) is 52.2 Å². The Kier molecular flexibility index (Phi) is 5.08. The fourth-order valence-corrected chi connectivity index (χ4v) is 3.89. The summed E-state index contributed by atoms with van der Waals surface area (Å²) in [6.45, 7) is 10.1. The van der Waals surface area contributed by atoms with Gasteiger partial charge in [-0.1, -0.05) is 24.8 Å². The second kappa shape index (κ2) is 7.71. The number of ether oxygens (including phenoxy) is 2. The highest BCUT2D eigenvalue weighted by atomic mass is 16.5. The molecular weight excluding hydrogens is 382 g/mol. The van der Waals surface area contributed by atoms with Crippen LogP contribution in [-0.4, -0.2) is 19.1 Å². The number of nitrogens with one attached hydrogen (secondary N) is 1. The quantitative estimate of drug-likeness (QED) is 0.622. The Morgan fingerprint density at radius 3 is 2.67 bits per heavy atom. The van der Waals surface area contributed by atoms with Gasteiger partial charge in [0.1, 0.15) is 12.2 Å². The van der Waals surface area contributed by atoms with Crippen LogP contribution in [0.5, 0.6) is 11.5 Å². The average molecular weight is 405 g/mol. The molecule has 154 valence electrons. The third-order valence-electron chi connectivity index (χ3n) is 5.10. The van der Waals surface area contributed by atoms with E-state index in [1.807, 2.05) is 32.9 Å². The van der Waals surface area contributed by atoms with E-state index < -0.39 is 11.9 Å². The summed E-state index contributed by atoms with van der Waals surface area (Å²) in [6.07, 6.45) is 1.65. The molecule has 1 unspecified atom stereocenters. The predicted molar refractivity (Wildman–Crippen MR) is 115 cm³/mol. The largest absolute Gasteiger partial charge is 0.490 e. The molecule has 0 radical (unpaired) electrons. The summed E-state index contributed by atoms with van der Waals surface area (Å²) < 4.78 is 17.2. The SMILES string of the molecule is C=CCOc1ccc(C2NC(=O)c3oc4cc(C)cc(C)c4c(=O)c32)cc1OCC. The van der Waals surface area contributed by atoms with Crippen LogP contribution in [-0.2, 0) is 0 Å². The van der Waals surface area contributed by atoms with E-state index in [9.17, 15) is 9.59 Å². The van der Waals surface area contributed by atoms with E-state index in [4.69, 9.17) is 13.9 Å². The maximum Gasteiger partial charge on any atom is 0.288 e. The van der Waals surface area contributed by atoms with Gasteiger partial charge in [0.25, 0.3) is 5.91 Å². The lowest BCUT2D eigenvalue weighted by molar-refractivity contribution is 0.0937. The molecule has 1 aliphatic heterocycles. The number of hydrogen-bond donors (Lipinski definition) is 1. The van der Waals surface area contributed by atoms with Gasteiger partial charge >= 0.3 is 0 Å². The van der Waals surface area contributed by atoms with Crippen LogP contribution in [0.1, 0.15) is 45.8 Å². The van der Waals surface area contributed by atoms with Crippen LogP contribution in [0, 0.1) is 13.8 Å². The van der Waals surface area contributed by atoms with Crippen LogP contribution in [0.25, 0.3) is 11.0 Å². The summed E-state index contributed by atoms with van der Waals surface area (Å²) >= 11 is 0. The van der Waals surface area contributed by atoms with E-state index in [-0.39, 0.29) is 11.2 Å². The van der Waals surface area contributed by atoms with E-state index in [2.05, 4.69) is 11.9 Å². The van der Waals surface area contributed by atoms with Gasteiger partial charge in [0.15, 0.2) is 16.9 Å². The van der Waals surface area contributed by atoms with Crippen molar-refractivity contribution in [1.29, 1.82) is 0 Å². The molecule has 1 aliphatic rings. The minimum Gasteiger partial charge on any atom is -0.490 e. The zero-order chi connectivity index (χ0) is 21.4.